The molecule has 1 aliphatic heterocycles. The van der Waals surface area contributed by atoms with Crippen molar-refractivity contribution >= 4 is 33.2 Å². The average Bonchev–Trinajstić information content (AvgIpc) is 2.86. The summed E-state index contributed by atoms with van der Waals surface area (Å²) in [6.45, 7) is 5.49. The Morgan fingerprint density at radius 2 is 1.95 bits per heavy atom. The van der Waals surface area contributed by atoms with Crippen molar-refractivity contribution in [1.29, 1.82) is 0 Å². The maximum Gasteiger partial charge on any atom is 0.225 e. The van der Waals surface area contributed by atoms with Crippen LogP contribution in [-0.4, -0.2) is 36.1 Å². The third-order valence-corrected chi connectivity index (χ3v) is 4.98. The van der Waals surface area contributed by atoms with Crippen LogP contribution in [-0.2, 0) is 6.54 Å². The van der Waals surface area contributed by atoms with Gasteiger partial charge in [-0.3, -0.25) is 0 Å². The number of piperazine rings is 1. The molecule has 3 rings (SSSR count). The van der Waals surface area contributed by atoms with Gasteiger partial charge in [0, 0.05) is 12.4 Å². The molecule has 19 heavy (non-hydrogen) atoms. The lowest BCUT2D eigenvalue weighted by molar-refractivity contribution is -0.914. The van der Waals surface area contributed by atoms with Crippen LogP contribution in [0.4, 0.5) is 5.95 Å². The van der Waals surface area contributed by atoms with E-state index in [4.69, 9.17) is 0 Å². The lowest BCUT2D eigenvalue weighted by Gasteiger charge is -2.31. The Kier molecular flexibility index (Phi) is 4.10. The summed E-state index contributed by atoms with van der Waals surface area (Å²) in [5, 5.41) is 0. The monoisotopic (exact) mass is 339 g/mol. The number of nitrogens with zero attached hydrogens (tertiary/aromatic N) is 3. The molecular weight excluding hydrogens is 324 g/mol. The van der Waals surface area contributed by atoms with Gasteiger partial charge in [0.1, 0.15) is 6.54 Å². The van der Waals surface area contributed by atoms with E-state index >= 15 is 0 Å². The summed E-state index contributed by atoms with van der Waals surface area (Å²) in [5.74, 6) is 0.861. The summed E-state index contributed by atoms with van der Waals surface area (Å²) in [7, 11) is 0. The van der Waals surface area contributed by atoms with Crippen molar-refractivity contribution in [2.75, 3.05) is 31.1 Å². The van der Waals surface area contributed by atoms with Crippen LogP contribution >= 0.6 is 27.3 Å². The molecule has 0 unspecified atom stereocenters. The molecule has 0 saturated carbocycles. The third-order valence-electron chi connectivity index (χ3n) is 3.36. The fraction of sp³-hybridized carbons (Fsp3) is 0.385. The smallest absolute Gasteiger partial charge is 0.225 e. The molecule has 0 atom stereocenters. The van der Waals surface area contributed by atoms with Gasteiger partial charge >= 0.3 is 0 Å². The van der Waals surface area contributed by atoms with Crippen molar-refractivity contribution in [1.82, 2.24) is 9.97 Å². The van der Waals surface area contributed by atoms with Gasteiger partial charge in [-0.2, -0.15) is 0 Å². The fourth-order valence-corrected chi connectivity index (χ4v) is 3.90. The van der Waals surface area contributed by atoms with Crippen molar-refractivity contribution in [2.24, 2.45) is 0 Å². The van der Waals surface area contributed by atoms with Crippen molar-refractivity contribution in [3.8, 4) is 0 Å². The second kappa shape index (κ2) is 5.98. The van der Waals surface area contributed by atoms with Crippen LogP contribution in [0.5, 0.6) is 0 Å². The molecule has 0 aliphatic carbocycles. The van der Waals surface area contributed by atoms with E-state index in [0.29, 0.717) is 0 Å². The first-order valence-corrected chi connectivity index (χ1v) is 8.02. The molecule has 6 heteroatoms. The number of hydrogen-bond donors (Lipinski definition) is 1. The highest BCUT2D eigenvalue weighted by Gasteiger charge is 2.21. The lowest BCUT2D eigenvalue weighted by Crippen LogP contribution is -3.13. The summed E-state index contributed by atoms with van der Waals surface area (Å²) in [6.07, 6.45) is 3.62. The molecule has 0 spiro atoms. The average molecular weight is 340 g/mol. The zero-order valence-corrected chi connectivity index (χ0v) is 13.0. The number of thiophene rings is 1. The highest BCUT2D eigenvalue weighted by atomic mass is 79.9. The van der Waals surface area contributed by atoms with Gasteiger partial charge in [-0.15, -0.1) is 11.3 Å². The second-order valence-corrected chi connectivity index (χ2v) is 7.22. The van der Waals surface area contributed by atoms with Crippen molar-refractivity contribution in [3.05, 3.63) is 39.3 Å². The van der Waals surface area contributed by atoms with Crippen LogP contribution in [0.15, 0.2) is 34.4 Å². The number of rotatable bonds is 3. The van der Waals surface area contributed by atoms with Gasteiger partial charge in [0.2, 0.25) is 5.95 Å². The molecular formula is C13H16BrN4S+. The molecule has 1 N–H and O–H groups in total. The molecule has 2 aromatic heterocycles. The first kappa shape index (κ1) is 13.0. The van der Waals surface area contributed by atoms with Crippen LogP contribution in [0.1, 0.15) is 4.88 Å². The lowest BCUT2D eigenvalue weighted by atomic mass is 10.3. The summed E-state index contributed by atoms with van der Waals surface area (Å²) in [6, 6.07) is 6.21. The summed E-state index contributed by atoms with van der Waals surface area (Å²) in [5.41, 5.74) is 0. The Morgan fingerprint density at radius 1 is 1.21 bits per heavy atom. The van der Waals surface area contributed by atoms with E-state index in [1.807, 2.05) is 29.8 Å². The van der Waals surface area contributed by atoms with Gasteiger partial charge < -0.3 is 9.80 Å². The number of anilines is 1. The highest BCUT2D eigenvalue weighted by Crippen LogP contribution is 2.21. The largest absolute Gasteiger partial charge is 0.330 e. The second-order valence-electron chi connectivity index (χ2n) is 4.67. The van der Waals surface area contributed by atoms with Crippen LogP contribution in [0, 0.1) is 0 Å². The van der Waals surface area contributed by atoms with E-state index in [1.54, 1.807) is 4.90 Å². The highest BCUT2D eigenvalue weighted by molar-refractivity contribution is 9.11. The minimum absolute atomic E-state index is 0.861. The Labute approximate surface area is 125 Å². The first-order chi connectivity index (χ1) is 9.31. The number of aromatic nitrogens is 2. The van der Waals surface area contributed by atoms with Gasteiger partial charge in [-0.05, 0) is 34.1 Å². The van der Waals surface area contributed by atoms with Gasteiger partial charge in [0.05, 0.1) is 34.8 Å². The molecule has 0 bridgehead atoms. The van der Waals surface area contributed by atoms with Crippen molar-refractivity contribution < 1.29 is 4.90 Å². The van der Waals surface area contributed by atoms with Crippen LogP contribution in [0.2, 0.25) is 0 Å². The molecule has 100 valence electrons. The SMILES string of the molecule is Brc1ccc(C[NH+]2CCN(c3ncccn3)CC2)s1. The molecule has 1 saturated heterocycles. The van der Waals surface area contributed by atoms with E-state index in [0.717, 1.165) is 38.7 Å². The molecule has 4 nitrogen and oxygen atoms in total. The Balaban J connectivity index is 1.55. The summed E-state index contributed by atoms with van der Waals surface area (Å²) >= 11 is 5.36. The van der Waals surface area contributed by atoms with E-state index < -0.39 is 0 Å². The predicted molar refractivity (Wildman–Crippen MR) is 80.7 cm³/mol. The number of hydrogen-bond acceptors (Lipinski definition) is 4. The normalized spacial score (nSPS) is 16.8. The van der Waals surface area contributed by atoms with Gasteiger partial charge in [-0.25, -0.2) is 9.97 Å². The molecule has 1 aliphatic rings. The van der Waals surface area contributed by atoms with Crippen LogP contribution < -0.4 is 9.80 Å². The van der Waals surface area contributed by atoms with Gasteiger partial charge in [-0.1, -0.05) is 0 Å². The zero-order valence-electron chi connectivity index (χ0n) is 10.6. The maximum atomic E-state index is 4.32. The van der Waals surface area contributed by atoms with E-state index in [1.165, 1.54) is 8.66 Å². The first-order valence-electron chi connectivity index (χ1n) is 6.41. The Morgan fingerprint density at radius 3 is 2.58 bits per heavy atom. The molecule has 2 aromatic rings. The quantitative estimate of drug-likeness (QED) is 0.912. The van der Waals surface area contributed by atoms with Crippen LogP contribution in [0.25, 0.3) is 0 Å². The molecule has 3 heterocycles. The molecule has 0 aromatic carbocycles. The van der Waals surface area contributed by atoms with Gasteiger partial charge in [0.25, 0.3) is 0 Å². The minimum Gasteiger partial charge on any atom is -0.330 e. The summed E-state index contributed by atoms with van der Waals surface area (Å²) in [4.78, 5) is 14.0. The number of nitrogens with one attached hydrogen (secondary N) is 1. The van der Waals surface area contributed by atoms with Crippen molar-refractivity contribution in [2.45, 2.75) is 6.54 Å². The van der Waals surface area contributed by atoms with Gasteiger partial charge in [0.15, 0.2) is 0 Å². The standard InChI is InChI=1S/C13H15BrN4S/c14-12-3-2-11(19-12)10-17-6-8-18(9-7-17)13-15-4-1-5-16-13/h1-5H,6-10H2/p+1. The number of halogens is 1. The molecule has 0 amide bonds. The van der Waals surface area contributed by atoms with E-state index in [-0.39, 0.29) is 0 Å². The minimum atomic E-state index is 0.861. The van der Waals surface area contributed by atoms with Crippen LogP contribution in [0.3, 0.4) is 0 Å². The predicted octanol–water partition coefficient (Wildman–Crippen LogP) is 1.21. The maximum absolute atomic E-state index is 4.32. The van der Waals surface area contributed by atoms with E-state index in [9.17, 15) is 0 Å². The Hall–Kier alpha value is -0.980. The Bertz CT molecular complexity index is 522. The third kappa shape index (κ3) is 3.32. The van der Waals surface area contributed by atoms with E-state index in [2.05, 4.69) is 42.9 Å². The fourth-order valence-electron chi connectivity index (χ4n) is 2.35. The van der Waals surface area contributed by atoms with Crippen molar-refractivity contribution in [3.63, 3.8) is 0 Å². The zero-order chi connectivity index (χ0) is 13.1. The summed E-state index contributed by atoms with van der Waals surface area (Å²) < 4.78 is 1.22. The topological polar surface area (TPSA) is 33.5 Å². The molecule has 1 fully saturated rings. The molecule has 0 radical (unpaired) electrons. The number of quaternary nitrogens is 1.